The van der Waals surface area contributed by atoms with Crippen LogP contribution in [-0.4, -0.2) is 63.2 Å². The van der Waals surface area contributed by atoms with Crippen molar-refractivity contribution >= 4 is 12.3 Å². The van der Waals surface area contributed by atoms with E-state index in [0.717, 1.165) is 4.57 Å². The molecule has 3 atom stereocenters. The van der Waals surface area contributed by atoms with Crippen LogP contribution in [0, 0.1) is 6.92 Å². The number of nitrogens with zero attached hydrogens (tertiary/aromatic N) is 2. The van der Waals surface area contributed by atoms with Gasteiger partial charge in [-0.2, -0.15) is 0 Å². The van der Waals surface area contributed by atoms with Gasteiger partial charge in [-0.05, 0) is 48.5 Å². The van der Waals surface area contributed by atoms with E-state index in [2.05, 4.69) is 0 Å². The predicted molar refractivity (Wildman–Crippen MR) is 119 cm³/mol. The Labute approximate surface area is 197 Å². The SMILES string of the molecule is Cc1cn([C@H]2C[C@H](OC(=O)OC(C)(C)C)[C@@H](COC(=O)OC(C)(C)C)O2)c(=O)n(CCO)c1=O. The number of hydrogen-bond acceptors (Lipinski definition) is 10. The molecule has 0 aliphatic carbocycles. The first kappa shape index (κ1) is 27.4. The largest absolute Gasteiger partial charge is 0.509 e. The molecule has 0 unspecified atom stereocenters. The molecule has 1 aliphatic heterocycles. The van der Waals surface area contributed by atoms with Gasteiger partial charge in [-0.15, -0.1) is 0 Å². The molecule has 1 saturated heterocycles. The van der Waals surface area contributed by atoms with Gasteiger partial charge in [0.15, 0.2) is 0 Å². The highest BCUT2D eigenvalue weighted by Crippen LogP contribution is 2.31. The smallest absolute Gasteiger partial charge is 0.431 e. The lowest BCUT2D eigenvalue weighted by Crippen LogP contribution is -2.42. The number of aliphatic hydroxyl groups excluding tert-OH is 1. The first-order valence-corrected chi connectivity index (χ1v) is 11.0. The lowest BCUT2D eigenvalue weighted by Gasteiger charge is -2.23. The van der Waals surface area contributed by atoms with Crippen molar-refractivity contribution in [2.75, 3.05) is 13.2 Å². The molecule has 192 valence electrons. The van der Waals surface area contributed by atoms with Crippen molar-refractivity contribution in [3.8, 4) is 0 Å². The molecule has 1 fully saturated rings. The number of rotatable bonds is 6. The molecule has 2 heterocycles. The minimum absolute atomic E-state index is 0.0261. The fourth-order valence-electron chi connectivity index (χ4n) is 3.23. The van der Waals surface area contributed by atoms with Crippen molar-refractivity contribution in [1.29, 1.82) is 0 Å². The summed E-state index contributed by atoms with van der Waals surface area (Å²) in [6, 6.07) is 0. The van der Waals surface area contributed by atoms with Crippen LogP contribution in [0.1, 0.15) is 59.8 Å². The molecule has 1 aromatic heterocycles. The molecule has 0 aromatic carbocycles. The predicted octanol–water partition coefficient (Wildman–Crippen LogP) is 1.87. The summed E-state index contributed by atoms with van der Waals surface area (Å²) in [5, 5.41) is 9.22. The van der Waals surface area contributed by atoms with E-state index in [1.807, 2.05) is 0 Å². The Morgan fingerprint density at radius 2 is 1.68 bits per heavy atom. The van der Waals surface area contributed by atoms with Gasteiger partial charge in [0, 0.05) is 18.2 Å². The molecule has 2 rings (SSSR count). The van der Waals surface area contributed by atoms with Crippen LogP contribution in [0.2, 0.25) is 0 Å². The van der Waals surface area contributed by atoms with E-state index in [9.17, 15) is 24.3 Å². The molecular weight excluding hydrogens is 452 g/mol. The minimum atomic E-state index is -0.946. The van der Waals surface area contributed by atoms with E-state index >= 15 is 0 Å². The lowest BCUT2D eigenvalue weighted by molar-refractivity contribution is -0.0824. The summed E-state index contributed by atoms with van der Waals surface area (Å²) in [4.78, 5) is 49.4. The molecule has 1 aromatic rings. The molecule has 1 aliphatic rings. The highest BCUT2D eigenvalue weighted by Gasteiger charge is 2.41. The second-order valence-electron chi connectivity index (χ2n) is 9.94. The van der Waals surface area contributed by atoms with Crippen LogP contribution in [-0.2, 0) is 30.2 Å². The standard InChI is InChI=1S/C22H34N2O10/c1-13-11-24(18(27)23(8-9-25)17(13)26)16-10-14(32-20(29)34-22(5,6)7)15(31-16)12-30-19(28)33-21(2,3)4/h11,14-16,25H,8-10,12H2,1-7H3/t14-,15+,16+/m0/s1. The van der Waals surface area contributed by atoms with Crippen molar-refractivity contribution in [2.45, 2.75) is 91.1 Å². The summed E-state index contributed by atoms with van der Waals surface area (Å²) in [5.74, 6) is 0. The molecule has 0 amide bonds. The molecule has 1 N–H and O–H groups in total. The number of carbonyl (C=O) groups is 2. The summed E-state index contributed by atoms with van der Waals surface area (Å²) in [7, 11) is 0. The number of aromatic nitrogens is 2. The maximum Gasteiger partial charge on any atom is 0.509 e. The zero-order chi connectivity index (χ0) is 25.8. The molecule has 34 heavy (non-hydrogen) atoms. The number of hydrogen-bond donors (Lipinski definition) is 1. The van der Waals surface area contributed by atoms with Gasteiger partial charge < -0.3 is 28.8 Å². The van der Waals surface area contributed by atoms with Gasteiger partial charge in [-0.3, -0.25) is 13.9 Å². The lowest BCUT2D eigenvalue weighted by atomic mass is 10.2. The monoisotopic (exact) mass is 486 g/mol. The fourth-order valence-corrected chi connectivity index (χ4v) is 3.23. The highest BCUT2D eigenvalue weighted by molar-refractivity contribution is 5.61. The van der Waals surface area contributed by atoms with Crippen molar-refractivity contribution in [1.82, 2.24) is 9.13 Å². The second-order valence-corrected chi connectivity index (χ2v) is 9.94. The third-order valence-corrected chi connectivity index (χ3v) is 4.57. The Morgan fingerprint density at radius 1 is 1.09 bits per heavy atom. The summed E-state index contributed by atoms with van der Waals surface area (Å²) in [6.45, 7) is 10.7. The quantitative estimate of drug-likeness (QED) is 0.592. The maximum absolute atomic E-state index is 12.9. The summed E-state index contributed by atoms with van der Waals surface area (Å²) in [6.07, 6.45) is -3.30. The van der Waals surface area contributed by atoms with Gasteiger partial charge in [0.05, 0.1) is 13.2 Å². The Kier molecular flexibility index (Phi) is 8.54. The van der Waals surface area contributed by atoms with E-state index in [1.165, 1.54) is 17.7 Å². The zero-order valence-electron chi connectivity index (χ0n) is 20.7. The normalized spacial score (nSPS) is 20.6. The first-order valence-electron chi connectivity index (χ1n) is 11.0. The van der Waals surface area contributed by atoms with Crippen molar-refractivity contribution in [3.05, 3.63) is 32.6 Å². The molecule has 0 spiro atoms. The van der Waals surface area contributed by atoms with Crippen LogP contribution in [0.3, 0.4) is 0 Å². The highest BCUT2D eigenvalue weighted by atomic mass is 16.8. The van der Waals surface area contributed by atoms with Crippen LogP contribution in [0.5, 0.6) is 0 Å². The third kappa shape index (κ3) is 7.59. The maximum atomic E-state index is 12.9. The zero-order valence-corrected chi connectivity index (χ0v) is 20.7. The van der Waals surface area contributed by atoms with Crippen molar-refractivity contribution < 1.29 is 38.4 Å². The first-order chi connectivity index (χ1) is 15.6. The number of carbonyl (C=O) groups excluding carboxylic acids is 2. The van der Waals surface area contributed by atoms with E-state index in [-0.39, 0.29) is 25.1 Å². The van der Waals surface area contributed by atoms with Gasteiger partial charge in [-0.25, -0.2) is 14.4 Å². The molecule has 0 bridgehead atoms. The summed E-state index contributed by atoms with van der Waals surface area (Å²) in [5.41, 5.74) is -2.53. The fraction of sp³-hybridized carbons (Fsp3) is 0.727. The molecule has 12 heteroatoms. The Bertz CT molecular complexity index is 999. The van der Waals surface area contributed by atoms with Gasteiger partial charge in [0.2, 0.25) is 0 Å². The summed E-state index contributed by atoms with van der Waals surface area (Å²) < 4.78 is 28.9. The van der Waals surface area contributed by atoms with Gasteiger partial charge in [0.25, 0.3) is 5.56 Å². The van der Waals surface area contributed by atoms with E-state index < -0.39 is 59.8 Å². The molecule has 0 radical (unpaired) electrons. The summed E-state index contributed by atoms with van der Waals surface area (Å²) >= 11 is 0. The molecular formula is C22H34N2O10. The Hall–Kier alpha value is -2.86. The van der Waals surface area contributed by atoms with Crippen LogP contribution >= 0.6 is 0 Å². The molecule has 0 saturated carbocycles. The average Bonchev–Trinajstić information content (AvgIpc) is 3.05. The van der Waals surface area contributed by atoms with E-state index in [1.54, 1.807) is 41.5 Å². The Balaban J connectivity index is 2.28. The number of aryl methyl sites for hydroxylation is 1. The number of aliphatic hydroxyl groups is 1. The van der Waals surface area contributed by atoms with E-state index in [0.29, 0.717) is 0 Å². The van der Waals surface area contributed by atoms with Crippen molar-refractivity contribution in [3.63, 3.8) is 0 Å². The van der Waals surface area contributed by atoms with Gasteiger partial charge >= 0.3 is 18.0 Å². The number of ether oxygens (including phenoxy) is 5. The minimum Gasteiger partial charge on any atom is -0.431 e. The van der Waals surface area contributed by atoms with Gasteiger partial charge in [-0.1, -0.05) is 0 Å². The van der Waals surface area contributed by atoms with Crippen molar-refractivity contribution in [2.24, 2.45) is 0 Å². The molecule has 12 nitrogen and oxygen atoms in total. The third-order valence-electron chi connectivity index (χ3n) is 4.57. The van der Waals surface area contributed by atoms with Crippen LogP contribution < -0.4 is 11.2 Å². The topological polar surface area (TPSA) is 145 Å². The van der Waals surface area contributed by atoms with E-state index in [4.69, 9.17) is 23.7 Å². The van der Waals surface area contributed by atoms with Crippen LogP contribution in [0.4, 0.5) is 9.59 Å². The Morgan fingerprint density at radius 3 is 2.24 bits per heavy atom. The van der Waals surface area contributed by atoms with Gasteiger partial charge in [0.1, 0.15) is 36.2 Å². The van der Waals surface area contributed by atoms with Crippen LogP contribution in [0.15, 0.2) is 15.8 Å². The average molecular weight is 487 g/mol. The second kappa shape index (κ2) is 10.6. The van der Waals surface area contributed by atoms with Crippen LogP contribution in [0.25, 0.3) is 0 Å².